The zero-order valence-electron chi connectivity index (χ0n) is 26.8. The van der Waals surface area contributed by atoms with E-state index in [-0.39, 0.29) is 0 Å². The van der Waals surface area contributed by atoms with Crippen LogP contribution in [0.5, 0.6) is 0 Å². The zero-order valence-corrected chi connectivity index (χ0v) is 28.4. The van der Waals surface area contributed by atoms with Crippen molar-refractivity contribution in [3.8, 4) is 11.1 Å². The SMILES string of the molecule is c1ccc2cc3c(cc2c1)sc1ccc(-c2ccc(N(c4ccc5c(c4)sc4ccccc45)c4ccc5oc6ccccc6c5c4)cc2)cc13. The largest absolute Gasteiger partial charge is 0.456 e. The molecule has 0 unspecified atom stereocenters. The Morgan fingerprint density at radius 1 is 0.340 bits per heavy atom. The Morgan fingerprint density at radius 2 is 0.940 bits per heavy atom. The van der Waals surface area contributed by atoms with E-state index in [2.05, 4.69) is 157 Å². The second kappa shape index (κ2) is 10.8. The summed E-state index contributed by atoms with van der Waals surface area (Å²) in [6.45, 7) is 0. The van der Waals surface area contributed by atoms with Crippen molar-refractivity contribution in [3.63, 3.8) is 0 Å². The van der Waals surface area contributed by atoms with Gasteiger partial charge >= 0.3 is 0 Å². The molecule has 0 saturated carbocycles. The Kier molecular flexibility index (Phi) is 6.03. The second-order valence-electron chi connectivity index (χ2n) is 12.9. The maximum absolute atomic E-state index is 6.21. The lowest BCUT2D eigenvalue weighted by Gasteiger charge is -2.26. The van der Waals surface area contributed by atoms with Crippen molar-refractivity contribution in [1.82, 2.24) is 0 Å². The summed E-state index contributed by atoms with van der Waals surface area (Å²) in [6, 6.07) is 59.7. The van der Waals surface area contributed by atoms with Gasteiger partial charge in [-0.1, -0.05) is 84.9 Å². The lowest BCUT2D eigenvalue weighted by molar-refractivity contribution is 0.669. The third-order valence-electron chi connectivity index (χ3n) is 10.0. The van der Waals surface area contributed by atoms with Crippen LogP contribution in [0.15, 0.2) is 168 Å². The summed E-state index contributed by atoms with van der Waals surface area (Å²) in [7, 11) is 0. The van der Waals surface area contributed by atoms with Gasteiger partial charge in [0.25, 0.3) is 0 Å². The van der Waals surface area contributed by atoms with E-state index in [0.717, 1.165) is 39.0 Å². The van der Waals surface area contributed by atoms with Gasteiger partial charge in [-0.05, 0) is 101 Å². The molecule has 0 atom stereocenters. The number of rotatable bonds is 4. The molecule has 0 aliphatic rings. The Labute approximate surface area is 295 Å². The molecule has 234 valence electrons. The lowest BCUT2D eigenvalue weighted by atomic mass is 10.0. The number of hydrogen-bond acceptors (Lipinski definition) is 4. The molecule has 3 aromatic heterocycles. The van der Waals surface area contributed by atoms with Gasteiger partial charge < -0.3 is 9.32 Å². The van der Waals surface area contributed by atoms with Crippen LogP contribution in [-0.4, -0.2) is 0 Å². The highest BCUT2D eigenvalue weighted by molar-refractivity contribution is 7.26. The lowest BCUT2D eigenvalue weighted by Crippen LogP contribution is -2.09. The fourth-order valence-corrected chi connectivity index (χ4v) is 9.85. The molecule has 0 N–H and O–H groups in total. The molecule has 0 aliphatic heterocycles. The third kappa shape index (κ3) is 4.32. The van der Waals surface area contributed by atoms with Crippen LogP contribution in [-0.2, 0) is 0 Å². The molecular formula is C46H27NOS2. The van der Waals surface area contributed by atoms with Gasteiger partial charge in [-0.15, -0.1) is 22.7 Å². The summed E-state index contributed by atoms with van der Waals surface area (Å²) in [5, 5.41) is 10.1. The summed E-state index contributed by atoms with van der Waals surface area (Å²) < 4.78 is 11.5. The molecule has 0 fully saturated rings. The van der Waals surface area contributed by atoms with Crippen molar-refractivity contribution in [3.05, 3.63) is 164 Å². The first-order valence-corrected chi connectivity index (χ1v) is 18.5. The fourth-order valence-electron chi connectivity index (χ4n) is 7.60. The Bertz CT molecular complexity index is 3110. The molecule has 8 aromatic carbocycles. The summed E-state index contributed by atoms with van der Waals surface area (Å²) in [4.78, 5) is 2.37. The van der Waals surface area contributed by atoms with Crippen molar-refractivity contribution < 1.29 is 4.42 Å². The van der Waals surface area contributed by atoms with Crippen LogP contribution in [0.3, 0.4) is 0 Å². The van der Waals surface area contributed by atoms with Gasteiger partial charge in [-0.2, -0.15) is 0 Å². The highest BCUT2D eigenvalue weighted by atomic mass is 32.1. The number of benzene rings is 8. The second-order valence-corrected chi connectivity index (χ2v) is 15.1. The number of fused-ring (bicyclic) bond motifs is 10. The molecule has 0 amide bonds. The molecule has 0 spiro atoms. The highest BCUT2D eigenvalue weighted by Gasteiger charge is 2.18. The van der Waals surface area contributed by atoms with Crippen LogP contribution >= 0.6 is 22.7 Å². The monoisotopic (exact) mass is 673 g/mol. The van der Waals surface area contributed by atoms with Crippen LogP contribution < -0.4 is 4.90 Å². The van der Waals surface area contributed by atoms with Crippen LogP contribution in [0.2, 0.25) is 0 Å². The molecule has 0 saturated heterocycles. The maximum atomic E-state index is 6.21. The number of hydrogen-bond donors (Lipinski definition) is 0. The quantitative estimate of drug-likeness (QED) is 0.185. The first-order chi connectivity index (χ1) is 24.7. The molecule has 11 rings (SSSR count). The minimum atomic E-state index is 0.898. The maximum Gasteiger partial charge on any atom is 0.135 e. The molecule has 0 aliphatic carbocycles. The smallest absolute Gasteiger partial charge is 0.135 e. The number of furan rings is 1. The predicted molar refractivity (Wildman–Crippen MR) is 217 cm³/mol. The van der Waals surface area contributed by atoms with E-state index in [9.17, 15) is 0 Å². The number of para-hydroxylation sites is 1. The van der Waals surface area contributed by atoms with Gasteiger partial charge in [0.05, 0.1) is 0 Å². The van der Waals surface area contributed by atoms with E-state index in [1.807, 2.05) is 34.8 Å². The van der Waals surface area contributed by atoms with E-state index in [1.165, 1.54) is 62.2 Å². The Morgan fingerprint density at radius 3 is 1.82 bits per heavy atom. The molecule has 11 aromatic rings. The molecule has 50 heavy (non-hydrogen) atoms. The molecule has 4 heteroatoms. The number of anilines is 3. The summed E-state index contributed by atoms with van der Waals surface area (Å²) >= 11 is 3.72. The average molecular weight is 674 g/mol. The van der Waals surface area contributed by atoms with Gasteiger partial charge in [0.2, 0.25) is 0 Å². The van der Waals surface area contributed by atoms with Crippen molar-refractivity contribution in [2.24, 2.45) is 0 Å². The first kappa shape index (κ1) is 28.0. The van der Waals surface area contributed by atoms with Gasteiger partial charge in [-0.25, -0.2) is 0 Å². The minimum Gasteiger partial charge on any atom is -0.456 e. The van der Waals surface area contributed by atoms with Crippen molar-refractivity contribution in [2.45, 2.75) is 0 Å². The Balaban J connectivity index is 1.05. The number of nitrogens with zero attached hydrogens (tertiary/aromatic N) is 1. The summed E-state index contributed by atoms with van der Waals surface area (Å²) in [5.41, 5.74) is 7.56. The van der Waals surface area contributed by atoms with Gasteiger partial charge in [0.1, 0.15) is 11.2 Å². The van der Waals surface area contributed by atoms with Crippen LogP contribution in [0.4, 0.5) is 17.1 Å². The van der Waals surface area contributed by atoms with Crippen LogP contribution in [0.1, 0.15) is 0 Å². The van der Waals surface area contributed by atoms with E-state index in [0.29, 0.717) is 0 Å². The predicted octanol–water partition coefficient (Wildman–Crippen LogP) is 14.6. The van der Waals surface area contributed by atoms with Crippen LogP contribution in [0, 0.1) is 0 Å². The van der Waals surface area contributed by atoms with Crippen molar-refractivity contribution in [1.29, 1.82) is 0 Å². The van der Waals surface area contributed by atoms with Gasteiger partial charge in [0, 0.05) is 68.2 Å². The van der Waals surface area contributed by atoms with E-state index < -0.39 is 0 Å². The van der Waals surface area contributed by atoms with E-state index >= 15 is 0 Å². The highest BCUT2D eigenvalue weighted by Crippen LogP contribution is 2.43. The average Bonchev–Trinajstić information content (AvgIpc) is 3.84. The normalized spacial score (nSPS) is 12.0. The van der Waals surface area contributed by atoms with Crippen molar-refractivity contribution in [2.75, 3.05) is 4.90 Å². The molecule has 2 nitrogen and oxygen atoms in total. The molecule has 0 radical (unpaired) electrons. The van der Waals surface area contributed by atoms with E-state index in [4.69, 9.17) is 4.42 Å². The third-order valence-corrected chi connectivity index (χ3v) is 12.3. The van der Waals surface area contributed by atoms with Crippen molar-refractivity contribution >= 4 is 113 Å². The summed E-state index contributed by atoms with van der Waals surface area (Å²) in [6.07, 6.45) is 0. The standard InChI is InChI=1S/C46H27NOS2/c1-2-8-30-25-45-40(23-29(30)7-1)39-24-31(15-22-44(39)50-45)28-13-16-32(17-14-28)47(33-19-21-42-38(26-33)35-9-3-5-11-41(35)48-42)34-18-20-37-36-10-4-6-12-43(36)49-46(37)27-34/h1-27H. The topological polar surface area (TPSA) is 16.4 Å². The number of thiophene rings is 2. The Hall–Kier alpha value is -5.94. The van der Waals surface area contributed by atoms with Crippen LogP contribution in [0.25, 0.3) is 84.2 Å². The molecule has 0 bridgehead atoms. The van der Waals surface area contributed by atoms with E-state index in [1.54, 1.807) is 0 Å². The fraction of sp³-hybridized carbons (Fsp3) is 0. The minimum absolute atomic E-state index is 0.898. The van der Waals surface area contributed by atoms with Gasteiger partial charge in [0.15, 0.2) is 0 Å². The molecular weight excluding hydrogens is 647 g/mol. The van der Waals surface area contributed by atoms with Gasteiger partial charge in [-0.3, -0.25) is 0 Å². The zero-order chi connectivity index (χ0) is 32.8. The molecule has 3 heterocycles. The summed E-state index contributed by atoms with van der Waals surface area (Å²) in [5.74, 6) is 0. The first-order valence-electron chi connectivity index (χ1n) is 16.8.